The Hall–Kier alpha value is -3.19. The molecule has 6 N–H and O–H groups in total. The van der Waals surface area contributed by atoms with E-state index in [0.717, 1.165) is 18.3 Å². The third-order valence-corrected chi connectivity index (χ3v) is 23.1. The van der Waals surface area contributed by atoms with Gasteiger partial charge in [-0.2, -0.15) is 0 Å². The second-order valence-corrected chi connectivity index (χ2v) is 28.3. The molecule has 0 bridgehead atoms. The number of methoxy groups -OCH3 is 4. The maximum atomic E-state index is 15.5. The van der Waals surface area contributed by atoms with Gasteiger partial charge in [0.15, 0.2) is 24.6 Å². The molecule has 7 rings (SSSR count). The number of carbonyl (C=O) groups is 5. The summed E-state index contributed by atoms with van der Waals surface area (Å²) in [4.78, 5) is 68.3. The average Bonchev–Trinajstić information content (AvgIpc) is 0.846. The van der Waals surface area contributed by atoms with Gasteiger partial charge < -0.3 is 82.8 Å². The fourth-order valence-corrected chi connectivity index (χ4v) is 17.3. The van der Waals surface area contributed by atoms with Gasteiger partial charge >= 0.3 is 23.9 Å². The molecule has 0 amide bonds. The monoisotopic (exact) mass is 1210 g/mol. The molecule has 5 aliphatic carbocycles. The first-order valence-electron chi connectivity index (χ1n) is 31.3. The second-order valence-electron chi connectivity index (χ2n) is 28.3. The number of rotatable bonds is 24. The minimum absolute atomic E-state index is 0.0304. The number of fused-ring (bicyclic) bond motifs is 7. The molecule has 26 atom stereocenters. The molecule has 0 aromatic carbocycles. The third kappa shape index (κ3) is 13.0. The summed E-state index contributed by atoms with van der Waals surface area (Å²) in [6.07, 6.45) is -9.62. The molecule has 7 aliphatic rings. The predicted molar refractivity (Wildman–Crippen MR) is 307 cm³/mol. The number of carboxylic acids is 1. The topological polar surface area (TPSA) is 299 Å². The molecular weight excluding hydrogens is 1100 g/mol. The molecular formula is C64H104O21. The number of aliphatic hydroxyl groups is 5. The largest absolute Gasteiger partial charge is 0.479 e. The van der Waals surface area contributed by atoms with Gasteiger partial charge in [-0.3, -0.25) is 14.4 Å². The predicted octanol–water partition coefficient (Wildman–Crippen LogP) is 6.40. The smallest absolute Gasteiger partial charge is 0.335 e. The molecule has 0 radical (unpaired) electrons. The van der Waals surface area contributed by atoms with Crippen LogP contribution >= 0.6 is 0 Å². The standard InChI is InChI=1S/C64H104O21/c1-16-33(3)40(76-12)26-36(66)28-46(69)81-41(34(4)17-2)27-37(67)29-47(70)83-51-48(71)35(5)80-56(54(51)79-15)85-58(75)64-25-24-59(6,7)30-39(64)38-18-19-43-60(8)22-21-45(82-57-53(78-14)50(77-13)49(72)52(84-57)55(73)74)61(9,32-65)42(60)20-23-62(43,10)63(38,11)31-44(64)68/h18,32-37,39-45,48-54,56-57,66-68,71-72H,16-17,19-31H2,1-15H3,(H,73,74)/t33?,34?,35?,36?,37?,39?,40?,41?,42?,43?,44-,45+,48?,49?,50?,51?,52?,53?,54?,56?,57?,60?,61+,62?,63-,64-/m1/s1. The Morgan fingerprint density at radius 3 is 1.91 bits per heavy atom. The van der Waals surface area contributed by atoms with Crippen LogP contribution in [0, 0.1) is 62.1 Å². The van der Waals surface area contributed by atoms with E-state index < -0.39 is 155 Å². The van der Waals surface area contributed by atoms with Crippen molar-refractivity contribution in [2.75, 3.05) is 28.4 Å². The highest BCUT2D eigenvalue weighted by molar-refractivity contribution is 5.80. The molecule has 0 spiro atoms. The first kappa shape index (κ1) is 69.3. The van der Waals surface area contributed by atoms with E-state index in [9.17, 15) is 49.8 Å². The number of aliphatic hydroxyl groups excluding tert-OH is 5. The van der Waals surface area contributed by atoms with Crippen molar-refractivity contribution >= 4 is 30.2 Å². The molecule has 21 nitrogen and oxygen atoms in total. The minimum Gasteiger partial charge on any atom is -0.479 e. The fourth-order valence-electron chi connectivity index (χ4n) is 17.3. The summed E-state index contributed by atoms with van der Waals surface area (Å²) in [6, 6.07) is 0. The van der Waals surface area contributed by atoms with Crippen LogP contribution in [-0.4, -0.2) is 187 Å². The Labute approximate surface area is 503 Å². The van der Waals surface area contributed by atoms with Gasteiger partial charge in [0.25, 0.3) is 0 Å². The lowest BCUT2D eigenvalue weighted by atomic mass is 9.33. The van der Waals surface area contributed by atoms with E-state index in [-0.39, 0.29) is 60.9 Å². The minimum atomic E-state index is -1.65. The van der Waals surface area contributed by atoms with Gasteiger partial charge in [0.05, 0.1) is 54.9 Å². The Kier molecular flexibility index (Phi) is 22.1. The van der Waals surface area contributed by atoms with Crippen molar-refractivity contribution in [3.8, 4) is 0 Å². The van der Waals surface area contributed by atoms with Gasteiger partial charge in [0, 0.05) is 41.3 Å². The average molecular weight is 1210 g/mol. The summed E-state index contributed by atoms with van der Waals surface area (Å²) in [7, 11) is 5.64. The highest BCUT2D eigenvalue weighted by Gasteiger charge is 2.72. The molecule has 85 heavy (non-hydrogen) atoms. The Bertz CT molecular complexity index is 2370. The van der Waals surface area contributed by atoms with E-state index in [0.29, 0.717) is 57.8 Å². The number of ether oxygens (including phenoxy) is 10. The Morgan fingerprint density at radius 1 is 0.718 bits per heavy atom. The van der Waals surface area contributed by atoms with Crippen LogP contribution in [0.2, 0.25) is 0 Å². The number of aldehydes is 1. The molecule has 2 heterocycles. The first-order valence-corrected chi connectivity index (χ1v) is 31.3. The molecule has 21 heteroatoms. The number of hydrogen-bond donors (Lipinski definition) is 6. The number of carboxylic acid groups (broad SMARTS) is 1. The zero-order chi connectivity index (χ0) is 63.1. The van der Waals surface area contributed by atoms with Crippen LogP contribution in [0.15, 0.2) is 11.6 Å². The molecule has 2 saturated heterocycles. The summed E-state index contributed by atoms with van der Waals surface area (Å²) in [5, 5.41) is 67.4. The maximum Gasteiger partial charge on any atom is 0.335 e. The van der Waals surface area contributed by atoms with Gasteiger partial charge in [-0.25, -0.2) is 4.79 Å². The van der Waals surface area contributed by atoms with Crippen molar-refractivity contribution in [3.63, 3.8) is 0 Å². The lowest BCUT2D eigenvalue weighted by Gasteiger charge is -2.71. The number of aliphatic carboxylic acids is 1. The van der Waals surface area contributed by atoms with Crippen molar-refractivity contribution in [2.24, 2.45) is 62.1 Å². The van der Waals surface area contributed by atoms with Gasteiger partial charge in [-0.1, -0.05) is 93.7 Å². The van der Waals surface area contributed by atoms with E-state index in [1.807, 2.05) is 34.6 Å². The second kappa shape index (κ2) is 27.1. The van der Waals surface area contributed by atoms with Crippen LogP contribution in [0.1, 0.15) is 172 Å². The quantitative estimate of drug-likeness (QED) is 0.0200. The van der Waals surface area contributed by atoms with Crippen LogP contribution in [0.25, 0.3) is 0 Å². The van der Waals surface area contributed by atoms with Crippen molar-refractivity contribution in [1.29, 1.82) is 0 Å². The number of carbonyl (C=O) groups excluding carboxylic acids is 4. The van der Waals surface area contributed by atoms with Crippen molar-refractivity contribution in [3.05, 3.63) is 11.6 Å². The van der Waals surface area contributed by atoms with E-state index >= 15 is 4.79 Å². The van der Waals surface area contributed by atoms with Crippen LogP contribution in [0.4, 0.5) is 0 Å². The summed E-state index contributed by atoms with van der Waals surface area (Å²) < 4.78 is 59.4. The summed E-state index contributed by atoms with van der Waals surface area (Å²) in [5.74, 6) is -4.25. The molecule has 6 fully saturated rings. The molecule has 2 aliphatic heterocycles. The highest BCUT2D eigenvalue weighted by atomic mass is 16.7. The zero-order valence-electron chi connectivity index (χ0n) is 53.2. The number of hydrogen-bond acceptors (Lipinski definition) is 20. The first-order chi connectivity index (χ1) is 39.8. The van der Waals surface area contributed by atoms with E-state index in [4.69, 9.17) is 47.4 Å². The summed E-state index contributed by atoms with van der Waals surface area (Å²) in [5.41, 5.74) is -3.04. The van der Waals surface area contributed by atoms with E-state index in [1.165, 1.54) is 21.3 Å². The van der Waals surface area contributed by atoms with Crippen LogP contribution in [0.5, 0.6) is 0 Å². The third-order valence-electron chi connectivity index (χ3n) is 23.1. The van der Waals surface area contributed by atoms with Gasteiger partial charge in [-0.05, 0) is 116 Å². The molecule has 21 unspecified atom stereocenters. The van der Waals surface area contributed by atoms with Crippen LogP contribution < -0.4 is 0 Å². The van der Waals surface area contributed by atoms with Crippen molar-refractivity contribution < 1.29 is 102 Å². The Balaban J connectivity index is 1.08. The SMILES string of the molecule is CCC(C)C(CC(O)CC(=O)OC(CC(O)CC(=O)OC1C(O)C(C)OC(OC(=O)[C@]23CCC(C)(C)CC2C2=CCC4C5(C)CC[C@H](OC6OC(C(=O)O)C(O)C(OC)C6OC)[C@@](C)(C=O)C5CCC4(C)[C@]2(C)C[C@H]3O)C1OC)C(C)CC)OC. The lowest BCUT2D eigenvalue weighted by molar-refractivity contribution is -0.327. The highest BCUT2D eigenvalue weighted by Crippen LogP contribution is 2.76. The summed E-state index contributed by atoms with van der Waals surface area (Å²) >= 11 is 0. The van der Waals surface area contributed by atoms with Crippen LogP contribution in [-0.2, 0) is 71.3 Å². The van der Waals surface area contributed by atoms with E-state index in [2.05, 4.69) is 40.7 Å². The summed E-state index contributed by atoms with van der Waals surface area (Å²) in [6.45, 7) is 22.4. The van der Waals surface area contributed by atoms with Gasteiger partial charge in [0.1, 0.15) is 42.2 Å². The zero-order valence-corrected chi connectivity index (χ0v) is 53.2. The Morgan fingerprint density at radius 2 is 1.32 bits per heavy atom. The molecule has 486 valence electrons. The number of allylic oxidation sites excluding steroid dienone is 2. The van der Waals surface area contributed by atoms with E-state index in [1.54, 1.807) is 14.0 Å². The lowest BCUT2D eigenvalue weighted by Crippen LogP contribution is -2.69. The molecule has 0 aromatic rings. The molecule has 4 saturated carbocycles. The molecule has 0 aromatic heterocycles. The fraction of sp³-hybridized carbons (Fsp3) is 0.891. The number of esters is 3. The van der Waals surface area contributed by atoms with Crippen molar-refractivity contribution in [2.45, 2.75) is 271 Å². The van der Waals surface area contributed by atoms with Crippen LogP contribution in [0.3, 0.4) is 0 Å². The van der Waals surface area contributed by atoms with Crippen molar-refractivity contribution in [1.82, 2.24) is 0 Å². The van der Waals surface area contributed by atoms with Gasteiger partial charge in [-0.15, -0.1) is 0 Å². The van der Waals surface area contributed by atoms with Gasteiger partial charge in [0.2, 0.25) is 6.29 Å². The maximum absolute atomic E-state index is 15.5. The normalized spacial score (nSPS) is 42.6.